The zero-order chi connectivity index (χ0) is 14.2. The molecule has 1 spiro atoms. The minimum absolute atomic E-state index is 0.0668. The topological polar surface area (TPSA) is 66.8 Å². The van der Waals surface area contributed by atoms with Crippen molar-refractivity contribution in [2.24, 2.45) is 5.41 Å². The van der Waals surface area contributed by atoms with Crippen LogP contribution in [0.4, 0.5) is 4.79 Å². The number of hydrogen-bond donors (Lipinski definition) is 1. The quantitative estimate of drug-likeness (QED) is 0.884. The smallest absolute Gasteiger partial charge is 0.410 e. The number of aliphatic hydroxyl groups is 1. The molecule has 0 aromatic heterocycles. The van der Waals surface area contributed by atoms with Gasteiger partial charge in [-0.2, -0.15) is 0 Å². The molecule has 1 aromatic rings. The van der Waals surface area contributed by atoms with Gasteiger partial charge < -0.3 is 14.7 Å². The van der Waals surface area contributed by atoms with Crippen molar-refractivity contribution in [1.29, 1.82) is 0 Å². The molecule has 2 fully saturated rings. The SMILES string of the molecule is O=C(OCc1ccccc1)N1CC2(C[C@@H](O)CC2=O)C1. The number of benzene rings is 1. The van der Waals surface area contributed by atoms with Crippen molar-refractivity contribution in [3.63, 3.8) is 0 Å². The molecule has 1 aliphatic heterocycles. The van der Waals surface area contributed by atoms with Crippen LogP contribution >= 0.6 is 0 Å². The summed E-state index contributed by atoms with van der Waals surface area (Å²) >= 11 is 0. The van der Waals surface area contributed by atoms with Crippen molar-refractivity contribution in [1.82, 2.24) is 4.90 Å². The Labute approximate surface area is 117 Å². The Kier molecular flexibility index (Phi) is 3.22. The van der Waals surface area contributed by atoms with Gasteiger partial charge >= 0.3 is 6.09 Å². The minimum atomic E-state index is -0.551. The lowest BCUT2D eigenvalue weighted by Gasteiger charge is -2.45. The second-order valence-electron chi connectivity index (χ2n) is 5.66. The molecule has 3 rings (SSSR count). The summed E-state index contributed by atoms with van der Waals surface area (Å²) in [4.78, 5) is 25.2. The van der Waals surface area contributed by atoms with E-state index in [1.807, 2.05) is 30.3 Å². The van der Waals surface area contributed by atoms with E-state index in [9.17, 15) is 14.7 Å². The average Bonchev–Trinajstić information content (AvgIpc) is 2.70. The molecule has 2 aliphatic rings. The number of hydrogen-bond acceptors (Lipinski definition) is 4. The molecule has 1 heterocycles. The van der Waals surface area contributed by atoms with Crippen LogP contribution in [-0.4, -0.2) is 41.1 Å². The Morgan fingerprint density at radius 2 is 2.05 bits per heavy atom. The van der Waals surface area contributed by atoms with E-state index < -0.39 is 17.6 Å². The number of amides is 1. The Bertz CT molecular complexity index is 522. The molecule has 1 aliphatic carbocycles. The number of carbonyl (C=O) groups excluding carboxylic acids is 2. The highest BCUT2D eigenvalue weighted by molar-refractivity contribution is 5.90. The summed E-state index contributed by atoms with van der Waals surface area (Å²) in [5.74, 6) is 0.0668. The van der Waals surface area contributed by atoms with E-state index in [0.717, 1.165) is 5.56 Å². The monoisotopic (exact) mass is 275 g/mol. The molecule has 1 atom stereocenters. The fourth-order valence-corrected chi connectivity index (χ4v) is 3.00. The summed E-state index contributed by atoms with van der Waals surface area (Å²) in [6.07, 6.45) is -0.264. The fourth-order valence-electron chi connectivity index (χ4n) is 3.00. The number of likely N-dealkylation sites (tertiary alicyclic amines) is 1. The lowest BCUT2D eigenvalue weighted by molar-refractivity contribution is -0.133. The number of carbonyl (C=O) groups is 2. The van der Waals surface area contributed by atoms with Gasteiger partial charge in [0.2, 0.25) is 0 Å². The first-order valence-corrected chi connectivity index (χ1v) is 6.76. The highest BCUT2D eigenvalue weighted by Gasteiger charge is 2.55. The summed E-state index contributed by atoms with van der Waals surface area (Å²) < 4.78 is 5.21. The molecular weight excluding hydrogens is 258 g/mol. The first-order chi connectivity index (χ1) is 9.59. The van der Waals surface area contributed by atoms with Crippen LogP contribution in [0.3, 0.4) is 0 Å². The van der Waals surface area contributed by atoms with Crippen LogP contribution in [0.5, 0.6) is 0 Å². The molecule has 0 radical (unpaired) electrons. The minimum Gasteiger partial charge on any atom is -0.445 e. The number of ketones is 1. The van der Waals surface area contributed by atoms with Crippen LogP contribution in [0.15, 0.2) is 30.3 Å². The molecule has 106 valence electrons. The van der Waals surface area contributed by atoms with Crippen LogP contribution in [0.1, 0.15) is 18.4 Å². The normalized spacial score (nSPS) is 23.8. The van der Waals surface area contributed by atoms with Crippen LogP contribution in [-0.2, 0) is 16.1 Å². The Morgan fingerprint density at radius 1 is 1.35 bits per heavy atom. The molecule has 1 saturated carbocycles. The maximum atomic E-state index is 11.9. The van der Waals surface area contributed by atoms with Crippen molar-refractivity contribution in [2.75, 3.05) is 13.1 Å². The zero-order valence-electron chi connectivity index (χ0n) is 11.1. The molecule has 0 bridgehead atoms. The maximum absolute atomic E-state index is 11.9. The molecule has 1 amide bonds. The molecular formula is C15H17NO4. The van der Waals surface area contributed by atoms with Gasteiger partial charge in [0.05, 0.1) is 11.5 Å². The number of ether oxygens (including phenoxy) is 1. The van der Waals surface area contributed by atoms with E-state index in [1.54, 1.807) is 0 Å². The van der Waals surface area contributed by atoms with E-state index in [1.165, 1.54) is 4.90 Å². The van der Waals surface area contributed by atoms with Crippen molar-refractivity contribution in [3.8, 4) is 0 Å². The standard InChI is InChI=1S/C15H17NO4/c17-12-6-13(18)15(7-12)9-16(10-15)14(19)20-8-11-4-2-1-3-5-11/h1-5,12,17H,6-10H2/t12-/m0/s1. The van der Waals surface area contributed by atoms with Gasteiger partial charge in [0.1, 0.15) is 12.4 Å². The van der Waals surface area contributed by atoms with Gasteiger partial charge in [0.25, 0.3) is 0 Å². The highest BCUT2D eigenvalue weighted by atomic mass is 16.6. The zero-order valence-corrected chi connectivity index (χ0v) is 11.1. The number of nitrogens with zero attached hydrogens (tertiary/aromatic N) is 1. The average molecular weight is 275 g/mol. The van der Waals surface area contributed by atoms with Gasteiger partial charge in [-0.3, -0.25) is 4.79 Å². The lowest BCUT2D eigenvalue weighted by atomic mass is 9.77. The third-order valence-corrected chi connectivity index (χ3v) is 4.09. The van der Waals surface area contributed by atoms with Gasteiger partial charge in [-0.15, -0.1) is 0 Å². The van der Waals surface area contributed by atoms with Crippen LogP contribution in [0, 0.1) is 5.41 Å². The molecule has 5 nitrogen and oxygen atoms in total. The van der Waals surface area contributed by atoms with E-state index in [2.05, 4.69) is 0 Å². The second kappa shape index (κ2) is 4.90. The fraction of sp³-hybridized carbons (Fsp3) is 0.467. The van der Waals surface area contributed by atoms with Gasteiger partial charge in [-0.05, 0) is 12.0 Å². The van der Waals surface area contributed by atoms with Crippen molar-refractivity contribution in [3.05, 3.63) is 35.9 Å². The largest absolute Gasteiger partial charge is 0.445 e. The van der Waals surface area contributed by atoms with Crippen LogP contribution in [0.25, 0.3) is 0 Å². The number of rotatable bonds is 2. The summed E-state index contributed by atoms with van der Waals surface area (Å²) in [5, 5.41) is 9.52. The number of aliphatic hydroxyl groups excluding tert-OH is 1. The Hall–Kier alpha value is -1.88. The van der Waals surface area contributed by atoms with Crippen molar-refractivity contribution < 1.29 is 19.4 Å². The molecule has 0 unspecified atom stereocenters. The van der Waals surface area contributed by atoms with Crippen molar-refractivity contribution >= 4 is 11.9 Å². The van der Waals surface area contributed by atoms with E-state index >= 15 is 0 Å². The van der Waals surface area contributed by atoms with Gasteiger partial charge in [-0.25, -0.2) is 4.79 Å². The summed E-state index contributed by atoms with van der Waals surface area (Å²) in [7, 11) is 0. The molecule has 1 saturated heterocycles. The second-order valence-corrected chi connectivity index (χ2v) is 5.66. The van der Waals surface area contributed by atoms with Gasteiger partial charge in [0.15, 0.2) is 0 Å². The Morgan fingerprint density at radius 3 is 2.65 bits per heavy atom. The molecule has 20 heavy (non-hydrogen) atoms. The lowest BCUT2D eigenvalue weighted by Crippen LogP contribution is -2.60. The van der Waals surface area contributed by atoms with Crippen molar-refractivity contribution in [2.45, 2.75) is 25.6 Å². The van der Waals surface area contributed by atoms with E-state index in [4.69, 9.17) is 4.74 Å². The van der Waals surface area contributed by atoms with E-state index in [0.29, 0.717) is 19.5 Å². The Balaban J connectivity index is 1.50. The van der Waals surface area contributed by atoms with E-state index in [-0.39, 0.29) is 18.8 Å². The first kappa shape index (κ1) is 13.1. The van der Waals surface area contributed by atoms with Crippen LogP contribution < -0.4 is 0 Å². The molecule has 5 heteroatoms. The summed E-state index contributed by atoms with van der Waals surface area (Å²) in [6, 6.07) is 9.46. The maximum Gasteiger partial charge on any atom is 0.410 e. The van der Waals surface area contributed by atoms with Crippen LogP contribution in [0.2, 0.25) is 0 Å². The molecule has 1 aromatic carbocycles. The first-order valence-electron chi connectivity index (χ1n) is 6.76. The van der Waals surface area contributed by atoms with Gasteiger partial charge in [0, 0.05) is 19.5 Å². The molecule has 1 N–H and O–H groups in total. The van der Waals surface area contributed by atoms with Gasteiger partial charge in [-0.1, -0.05) is 30.3 Å². The predicted octanol–water partition coefficient (Wildman–Crippen LogP) is 1.35. The summed E-state index contributed by atoms with van der Waals surface area (Å²) in [6.45, 7) is 0.979. The third-order valence-electron chi connectivity index (χ3n) is 4.09. The predicted molar refractivity (Wildman–Crippen MR) is 70.9 cm³/mol. The highest BCUT2D eigenvalue weighted by Crippen LogP contribution is 2.43. The number of Topliss-reactive ketones (excluding diaryl/α,β-unsaturated/α-hetero) is 1. The third kappa shape index (κ3) is 2.29. The summed E-state index contributed by atoms with van der Waals surface area (Å²) in [5.41, 5.74) is 0.425.